The van der Waals surface area contributed by atoms with Crippen molar-refractivity contribution in [3.63, 3.8) is 0 Å². The lowest BCUT2D eigenvalue weighted by Gasteiger charge is -2.29. The van der Waals surface area contributed by atoms with Crippen molar-refractivity contribution in [2.45, 2.75) is 19.0 Å². The summed E-state index contributed by atoms with van der Waals surface area (Å²) in [6.45, 7) is 0.258. The summed E-state index contributed by atoms with van der Waals surface area (Å²) >= 11 is 12.0. The molecule has 2 aromatic carbocycles. The van der Waals surface area contributed by atoms with Crippen LogP contribution in [0.25, 0.3) is 0 Å². The summed E-state index contributed by atoms with van der Waals surface area (Å²) in [5, 5.41) is 0.393. The number of amides is 2. The van der Waals surface area contributed by atoms with Gasteiger partial charge in [0.05, 0.1) is 16.1 Å². The molecule has 4 nitrogen and oxygen atoms in total. The predicted molar refractivity (Wildman–Crippen MR) is 101 cm³/mol. The third-order valence-corrected chi connectivity index (χ3v) is 4.92. The zero-order valence-corrected chi connectivity index (χ0v) is 16.0. The topological polar surface area (TPSA) is 40.6 Å². The smallest absolute Gasteiger partial charge is 0.324 e. The van der Waals surface area contributed by atoms with Gasteiger partial charge in [-0.2, -0.15) is 13.2 Å². The Bertz CT molecular complexity index is 918. The van der Waals surface area contributed by atoms with Gasteiger partial charge >= 0.3 is 6.18 Å². The van der Waals surface area contributed by atoms with E-state index >= 15 is 0 Å². The largest absolute Gasteiger partial charge is 0.416 e. The highest BCUT2D eigenvalue weighted by molar-refractivity contribution is 6.37. The second-order valence-corrected chi connectivity index (χ2v) is 7.15. The molecule has 1 saturated heterocycles. The summed E-state index contributed by atoms with van der Waals surface area (Å²) in [5.41, 5.74) is -0.793. The molecule has 1 heterocycles. The molecule has 1 fully saturated rings. The fourth-order valence-corrected chi connectivity index (χ4v) is 3.44. The molecule has 0 atom stereocenters. The number of hydrogen-bond acceptors (Lipinski definition) is 2. The Labute approximate surface area is 169 Å². The monoisotopic (exact) mass is 430 g/mol. The zero-order chi connectivity index (χ0) is 20.5. The number of carbonyl (C=O) groups excluding carboxylic acids is 2. The molecular weight excluding hydrogens is 416 g/mol. The Morgan fingerprint density at radius 1 is 1.14 bits per heavy atom. The second kappa shape index (κ2) is 8.01. The number of likely N-dealkylation sites (tertiary alicyclic amines) is 1. The van der Waals surface area contributed by atoms with E-state index in [2.05, 4.69) is 0 Å². The highest BCUT2D eigenvalue weighted by Gasteiger charge is 2.32. The minimum Gasteiger partial charge on any atom is -0.324 e. The van der Waals surface area contributed by atoms with Crippen molar-refractivity contribution in [3.05, 3.63) is 63.6 Å². The first-order chi connectivity index (χ1) is 13.2. The highest BCUT2D eigenvalue weighted by Crippen LogP contribution is 2.33. The maximum absolute atomic E-state index is 13.1. The molecule has 0 bridgehead atoms. The van der Waals surface area contributed by atoms with Gasteiger partial charge in [-0.05, 0) is 42.8 Å². The van der Waals surface area contributed by atoms with Gasteiger partial charge in [-0.1, -0.05) is 29.3 Å². The normalized spacial score (nSPS) is 14.5. The standard InChI is InChI=1S/C19H15Cl2F3N2O2/c20-13-6-7-15(16(21)10-13)18(28)26(11-25-8-2-5-17(25)27)14-4-1-3-12(9-14)19(22,23)24/h1,3-4,6-7,9-10H,2,5,8,11H2. The van der Waals surface area contributed by atoms with Gasteiger partial charge in [-0.3, -0.25) is 14.5 Å². The Morgan fingerprint density at radius 2 is 1.89 bits per heavy atom. The third-order valence-electron chi connectivity index (χ3n) is 4.38. The highest BCUT2D eigenvalue weighted by atomic mass is 35.5. The van der Waals surface area contributed by atoms with Crippen LogP contribution < -0.4 is 4.90 Å². The van der Waals surface area contributed by atoms with Crippen LogP contribution in [0.15, 0.2) is 42.5 Å². The first kappa shape index (κ1) is 20.5. The first-order valence-corrected chi connectivity index (χ1v) is 9.14. The van der Waals surface area contributed by atoms with Gasteiger partial charge in [-0.15, -0.1) is 0 Å². The molecule has 9 heteroatoms. The number of hydrogen-bond donors (Lipinski definition) is 0. The van der Waals surface area contributed by atoms with Gasteiger partial charge < -0.3 is 4.90 Å². The summed E-state index contributed by atoms with van der Waals surface area (Å²) in [4.78, 5) is 27.7. The lowest BCUT2D eigenvalue weighted by molar-refractivity contribution is -0.137. The van der Waals surface area contributed by atoms with E-state index in [4.69, 9.17) is 23.2 Å². The van der Waals surface area contributed by atoms with E-state index in [1.807, 2.05) is 0 Å². The quantitative estimate of drug-likeness (QED) is 0.665. The second-order valence-electron chi connectivity index (χ2n) is 6.31. The molecule has 3 rings (SSSR count). The van der Waals surface area contributed by atoms with Gasteiger partial charge in [0.2, 0.25) is 5.91 Å². The zero-order valence-electron chi connectivity index (χ0n) is 14.5. The molecule has 148 valence electrons. The van der Waals surface area contributed by atoms with Crippen molar-refractivity contribution < 1.29 is 22.8 Å². The van der Waals surface area contributed by atoms with Crippen LogP contribution in [0.1, 0.15) is 28.8 Å². The molecule has 0 radical (unpaired) electrons. The number of halogens is 5. The molecule has 2 aromatic rings. The van der Waals surface area contributed by atoms with E-state index in [1.165, 1.54) is 35.2 Å². The Kier molecular flexibility index (Phi) is 5.86. The Balaban J connectivity index is 2.02. The molecule has 0 aromatic heterocycles. The number of carbonyl (C=O) groups is 2. The number of nitrogens with zero attached hydrogens (tertiary/aromatic N) is 2. The maximum Gasteiger partial charge on any atom is 0.416 e. The molecule has 1 aliphatic heterocycles. The molecule has 28 heavy (non-hydrogen) atoms. The lowest BCUT2D eigenvalue weighted by atomic mass is 10.1. The fraction of sp³-hybridized carbons (Fsp3) is 0.263. The van der Waals surface area contributed by atoms with Gasteiger partial charge in [0.25, 0.3) is 5.91 Å². The predicted octanol–water partition coefficient (Wildman–Crippen LogP) is 5.24. The van der Waals surface area contributed by atoms with Crippen LogP contribution in [0.3, 0.4) is 0 Å². The van der Waals surface area contributed by atoms with Crippen molar-refractivity contribution in [3.8, 4) is 0 Å². The van der Waals surface area contributed by atoms with Gasteiger partial charge in [-0.25, -0.2) is 0 Å². The van der Waals surface area contributed by atoms with E-state index in [0.29, 0.717) is 24.4 Å². The summed E-state index contributed by atoms with van der Waals surface area (Å²) in [7, 11) is 0. The molecule has 0 saturated carbocycles. The molecule has 0 unspecified atom stereocenters. The van der Waals surface area contributed by atoms with E-state index in [0.717, 1.165) is 17.0 Å². The van der Waals surface area contributed by atoms with Gasteiger partial charge in [0.15, 0.2) is 0 Å². The first-order valence-electron chi connectivity index (χ1n) is 8.39. The van der Waals surface area contributed by atoms with E-state index in [-0.39, 0.29) is 28.8 Å². The van der Waals surface area contributed by atoms with Crippen LogP contribution in [0, 0.1) is 0 Å². The van der Waals surface area contributed by atoms with Crippen LogP contribution in [-0.4, -0.2) is 29.9 Å². The van der Waals surface area contributed by atoms with Crippen LogP contribution >= 0.6 is 23.2 Å². The fourth-order valence-electron chi connectivity index (χ4n) is 2.95. The lowest BCUT2D eigenvalue weighted by Crippen LogP contribution is -2.42. The minimum absolute atomic E-state index is 0.0190. The van der Waals surface area contributed by atoms with E-state index in [9.17, 15) is 22.8 Å². The molecule has 0 spiro atoms. The average Bonchev–Trinajstić information content (AvgIpc) is 3.03. The molecular formula is C19H15Cl2F3N2O2. The summed E-state index contributed by atoms with van der Waals surface area (Å²) in [6, 6.07) is 8.64. The van der Waals surface area contributed by atoms with Crippen molar-refractivity contribution >= 4 is 40.7 Å². The number of alkyl halides is 3. The minimum atomic E-state index is -4.56. The van der Waals surface area contributed by atoms with Crippen molar-refractivity contribution in [1.82, 2.24) is 4.90 Å². The van der Waals surface area contributed by atoms with Crippen molar-refractivity contribution in [1.29, 1.82) is 0 Å². The van der Waals surface area contributed by atoms with E-state index < -0.39 is 17.6 Å². The van der Waals surface area contributed by atoms with Gasteiger partial charge in [0, 0.05) is 23.7 Å². The number of anilines is 1. The number of rotatable bonds is 4. The van der Waals surface area contributed by atoms with Crippen molar-refractivity contribution in [2.75, 3.05) is 18.1 Å². The summed E-state index contributed by atoms with van der Waals surface area (Å²) in [6.07, 6.45) is -3.59. The summed E-state index contributed by atoms with van der Waals surface area (Å²) < 4.78 is 39.4. The van der Waals surface area contributed by atoms with Crippen LogP contribution in [0.4, 0.5) is 18.9 Å². The van der Waals surface area contributed by atoms with Crippen LogP contribution in [0.2, 0.25) is 10.0 Å². The van der Waals surface area contributed by atoms with Crippen LogP contribution in [0.5, 0.6) is 0 Å². The SMILES string of the molecule is O=C1CCCN1CN(C(=O)c1ccc(Cl)cc1Cl)c1cccc(C(F)(F)F)c1. The van der Waals surface area contributed by atoms with Crippen molar-refractivity contribution in [2.24, 2.45) is 0 Å². The average molecular weight is 431 g/mol. The third kappa shape index (κ3) is 4.42. The number of benzene rings is 2. The molecule has 0 aliphatic carbocycles. The van der Waals surface area contributed by atoms with Crippen LogP contribution in [-0.2, 0) is 11.0 Å². The summed E-state index contributed by atoms with van der Waals surface area (Å²) in [5.74, 6) is -0.785. The molecule has 1 aliphatic rings. The Hall–Kier alpha value is -2.25. The Morgan fingerprint density at radius 3 is 2.50 bits per heavy atom. The van der Waals surface area contributed by atoms with E-state index in [1.54, 1.807) is 0 Å². The maximum atomic E-state index is 13.1. The van der Waals surface area contributed by atoms with Gasteiger partial charge in [0.1, 0.15) is 6.67 Å². The molecule has 0 N–H and O–H groups in total. The molecule has 2 amide bonds.